The lowest BCUT2D eigenvalue weighted by Gasteiger charge is -2.12. The highest BCUT2D eigenvalue weighted by molar-refractivity contribution is 6.34. The van der Waals surface area contributed by atoms with Crippen molar-refractivity contribution in [3.63, 3.8) is 0 Å². The zero-order chi connectivity index (χ0) is 14.0. The highest BCUT2D eigenvalue weighted by Crippen LogP contribution is 2.26. The second kappa shape index (κ2) is 5.75. The Balaban J connectivity index is 2.00. The first-order chi connectivity index (χ1) is 8.97. The Hall–Kier alpha value is -1.33. The van der Waals surface area contributed by atoms with Crippen molar-refractivity contribution in [2.75, 3.05) is 0 Å². The Kier molecular flexibility index (Phi) is 4.27. The molecule has 2 rings (SSSR count). The fraction of sp³-hybridized carbons (Fsp3) is 0.417. The van der Waals surface area contributed by atoms with E-state index in [4.69, 9.17) is 28.3 Å². The lowest BCUT2D eigenvalue weighted by molar-refractivity contribution is -0.141. The largest absolute Gasteiger partial charge is 0.481 e. The summed E-state index contributed by atoms with van der Waals surface area (Å²) in [6.07, 6.45) is 1.67. The van der Waals surface area contributed by atoms with E-state index in [9.17, 15) is 9.59 Å². The minimum Gasteiger partial charge on any atom is -0.481 e. The summed E-state index contributed by atoms with van der Waals surface area (Å²) in [4.78, 5) is 26.6. The predicted octanol–water partition coefficient (Wildman–Crippen LogP) is 2.37. The van der Waals surface area contributed by atoms with Crippen molar-refractivity contribution in [1.29, 1.82) is 0 Å². The molecular formula is C12H12Cl2N2O3. The summed E-state index contributed by atoms with van der Waals surface area (Å²) in [5.74, 6) is -1.56. The highest BCUT2D eigenvalue weighted by Gasteiger charge is 2.31. The second-order valence-corrected chi connectivity index (χ2v) is 5.24. The summed E-state index contributed by atoms with van der Waals surface area (Å²) in [6, 6.07) is 2.84. The molecule has 0 radical (unpaired) electrons. The standard InChI is InChI=1S/C12H12Cl2N2O3/c13-9-4-3-8(10(14)16-9)11(17)15-7-2-1-6(5-7)12(18)19/h3-4,6-7H,1-2,5H2,(H,15,17)(H,18,19)/t6-,7+/m1/s1. The summed E-state index contributed by atoms with van der Waals surface area (Å²) in [7, 11) is 0. The number of halogens is 2. The maximum Gasteiger partial charge on any atom is 0.306 e. The van der Waals surface area contributed by atoms with Crippen molar-refractivity contribution in [3.8, 4) is 0 Å². The SMILES string of the molecule is O=C(N[C@H]1CC[C@@H](C(=O)O)C1)c1ccc(Cl)nc1Cl. The smallest absolute Gasteiger partial charge is 0.306 e. The normalized spacial score (nSPS) is 22.2. The average molecular weight is 303 g/mol. The van der Waals surface area contributed by atoms with Crippen molar-refractivity contribution in [2.24, 2.45) is 5.92 Å². The maximum absolute atomic E-state index is 12.0. The van der Waals surface area contributed by atoms with Crippen LogP contribution in [0.4, 0.5) is 0 Å². The third-order valence-electron chi connectivity index (χ3n) is 3.18. The van der Waals surface area contributed by atoms with Crippen molar-refractivity contribution >= 4 is 35.1 Å². The molecule has 1 heterocycles. The molecule has 1 fully saturated rings. The van der Waals surface area contributed by atoms with Gasteiger partial charge in [0.15, 0.2) is 0 Å². The Morgan fingerprint density at radius 2 is 2.05 bits per heavy atom. The van der Waals surface area contributed by atoms with Crippen LogP contribution in [0.2, 0.25) is 10.3 Å². The molecule has 1 saturated carbocycles. The van der Waals surface area contributed by atoms with E-state index in [1.807, 2.05) is 0 Å². The number of amides is 1. The van der Waals surface area contributed by atoms with Gasteiger partial charge in [0.2, 0.25) is 0 Å². The number of carbonyl (C=O) groups excluding carboxylic acids is 1. The van der Waals surface area contributed by atoms with Crippen molar-refractivity contribution in [1.82, 2.24) is 10.3 Å². The molecule has 19 heavy (non-hydrogen) atoms. The van der Waals surface area contributed by atoms with Gasteiger partial charge in [-0.1, -0.05) is 23.2 Å². The van der Waals surface area contributed by atoms with Crippen LogP contribution in [0.15, 0.2) is 12.1 Å². The second-order valence-electron chi connectivity index (χ2n) is 4.49. The molecule has 1 aliphatic carbocycles. The zero-order valence-corrected chi connectivity index (χ0v) is 11.4. The summed E-state index contributed by atoms with van der Waals surface area (Å²) in [5, 5.41) is 11.9. The van der Waals surface area contributed by atoms with Crippen LogP contribution in [-0.4, -0.2) is 28.0 Å². The summed E-state index contributed by atoms with van der Waals surface area (Å²) >= 11 is 11.5. The van der Waals surface area contributed by atoms with Crippen molar-refractivity contribution < 1.29 is 14.7 Å². The van der Waals surface area contributed by atoms with E-state index < -0.39 is 5.97 Å². The summed E-state index contributed by atoms with van der Waals surface area (Å²) in [5.41, 5.74) is 0.241. The van der Waals surface area contributed by atoms with Gasteiger partial charge in [-0.2, -0.15) is 0 Å². The number of nitrogens with zero attached hydrogens (tertiary/aromatic N) is 1. The van der Waals surface area contributed by atoms with Crippen LogP contribution in [-0.2, 0) is 4.79 Å². The molecule has 5 nitrogen and oxygen atoms in total. The number of hydrogen-bond acceptors (Lipinski definition) is 3. The summed E-state index contributed by atoms with van der Waals surface area (Å²) in [6.45, 7) is 0. The van der Waals surface area contributed by atoms with Crippen molar-refractivity contribution in [3.05, 3.63) is 28.0 Å². The van der Waals surface area contributed by atoms with Gasteiger partial charge in [0.05, 0.1) is 11.5 Å². The molecule has 0 spiro atoms. The highest BCUT2D eigenvalue weighted by atomic mass is 35.5. The van der Waals surface area contributed by atoms with Crippen LogP contribution in [0.5, 0.6) is 0 Å². The molecule has 0 bridgehead atoms. The number of nitrogens with one attached hydrogen (secondary N) is 1. The number of pyridine rings is 1. The van der Waals surface area contributed by atoms with Gasteiger partial charge in [-0.15, -0.1) is 0 Å². The van der Waals surface area contributed by atoms with Gasteiger partial charge in [-0.3, -0.25) is 9.59 Å². The van der Waals surface area contributed by atoms with Crippen LogP contribution in [0.25, 0.3) is 0 Å². The molecular weight excluding hydrogens is 291 g/mol. The number of aromatic nitrogens is 1. The van der Waals surface area contributed by atoms with Crippen LogP contribution in [0, 0.1) is 5.92 Å². The molecule has 1 aliphatic rings. The van der Waals surface area contributed by atoms with Gasteiger partial charge in [0.25, 0.3) is 5.91 Å². The van der Waals surface area contributed by atoms with E-state index in [1.54, 1.807) is 0 Å². The fourth-order valence-corrected chi connectivity index (χ4v) is 2.61. The van der Waals surface area contributed by atoms with E-state index in [-0.39, 0.29) is 33.7 Å². The van der Waals surface area contributed by atoms with Gasteiger partial charge in [-0.25, -0.2) is 4.98 Å². The maximum atomic E-state index is 12.0. The first-order valence-electron chi connectivity index (χ1n) is 5.83. The molecule has 102 valence electrons. The van der Waals surface area contributed by atoms with Gasteiger partial charge in [0, 0.05) is 6.04 Å². The molecule has 2 atom stereocenters. The first-order valence-corrected chi connectivity index (χ1v) is 6.58. The zero-order valence-electron chi connectivity index (χ0n) is 9.90. The number of rotatable bonds is 3. The van der Waals surface area contributed by atoms with Crippen LogP contribution < -0.4 is 5.32 Å². The minimum atomic E-state index is -0.817. The first kappa shape index (κ1) is 14.1. The van der Waals surface area contributed by atoms with E-state index in [2.05, 4.69) is 10.3 Å². The number of carbonyl (C=O) groups is 2. The van der Waals surface area contributed by atoms with Crippen LogP contribution >= 0.6 is 23.2 Å². The van der Waals surface area contributed by atoms with E-state index in [1.165, 1.54) is 12.1 Å². The van der Waals surface area contributed by atoms with E-state index in [0.717, 1.165) is 0 Å². The number of aliphatic carboxylic acids is 1. The molecule has 1 aromatic heterocycles. The summed E-state index contributed by atoms with van der Waals surface area (Å²) < 4.78 is 0. The van der Waals surface area contributed by atoms with Gasteiger partial charge in [0.1, 0.15) is 10.3 Å². The Labute approximate surface area is 119 Å². The fourth-order valence-electron chi connectivity index (χ4n) is 2.18. The number of carboxylic acid groups (broad SMARTS) is 1. The quantitative estimate of drug-likeness (QED) is 0.840. The monoisotopic (exact) mass is 302 g/mol. The third-order valence-corrected chi connectivity index (χ3v) is 3.68. The predicted molar refractivity (Wildman–Crippen MR) is 70.5 cm³/mol. The topological polar surface area (TPSA) is 79.3 Å². The van der Waals surface area contributed by atoms with Gasteiger partial charge in [-0.05, 0) is 31.4 Å². The number of carboxylic acids is 1. The number of hydrogen-bond donors (Lipinski definition) is 2. The molecule has 1 aromatic rings. The van der Waals surface area contributed by atoms with Crippen molar-refractivity contribution in [2.45, 2.75) is 25.3 Å². The Morgan fingerprint density at radius 1 is 1.32 bits per heavy atom. The molecule has 1 amide bonds. The lowest BCUT2D eigenvalue weighted by atomic mass is 10.1. The Bertz CT molecular complexity index is 522. The van der Waals surface area contributed by atoms with E-state index >= 15 is 0 Å². The molecule has 7 heteroatoms. The van der Waals surface area contributed by atoms with Gasteiger partial charge < -0.3 is 10.4 Å². The average Bonchev–Trinajstić information content (AvgIpc) is 2.77. The van der Waals surface area contributed by atoms with Crippen LogP contribution in [0.3, 0.4) is 0 Å². The van der Waals surface area contributed by atoms with Crippen LogP contribution in [0.1, 0.15) is 29.6 Å². The molecule has 0 aromatic carbocycles. The molecule has 0 aliphatic heterocycles. The van der Waals surface area contributed by atoms with E-state index in [0.29, 0.717) is 19.3 Å². The van der Waals surface area contributed by atoms with Gasteiger partial charge >= 0.3 is 5.97 Å². The molecule has 0 unspecified atom stereocenters. The Morgan fingerprint density at radius 3 is 2.63 bits per heavy atom. The lowest BCUT2D eigenvalue weighted by Crippen LogP contribution is -2.33. The minimum absolute atomic E-state index is 0.0396. The third kappa shape index (κ3) is 3.36. The molecule has 0 saturated heterocycles. The molecule has 2 N–H and O–H groups in total.